The fraction of sp³-hybridized carbons (Fsp3) is 0.238. The Morgan fingerprint density at radius 1 is 1.08 bits per heavy atom. The van der Waals surface area contributed by atoms with Crippen LogP contribution in [0.2, 0.25) is 0 Å². The maximum absolute atomic E-state index is 12.1. The van der Waals surface area contributed by atoms with Crippen molar-refractivity contribution < 1.29 is 9.53 Å². The highest BCUT2D eigenvalue weighted by Gasteiger charge is 2.07. The molecule has 3 rings (SSSR count). The SMILES string of the molecule is Cc1cc(C)c(NC(=O)NCCOc2ccc3ncccc3c2)c(C)c1. The zero-order chi connectivity index (χ0) is 18.5. The standard InChI is InChI=1S/C21H23N3O2/c1-14-11-15(2)20(16(3)12-14)24-21(25)23-9-10-26-18-6-7-19-17(13-18)5-4-8-22-19/h4-8,11-13H,9-10H2,1-3H3,(H2,23,24,25). The minimum atomic E-state index is -0.230. The first-order valence-electron chi connectivity index (χ1n) is 8.63. The summed E-state index contributed by atoms with van der Waals surface area (Å²) in [6, 6.07) is 13.5. The lowest BCUT2D eigenvalue weighted by Crippen LogP contribution is -2.32. The summed E-state index contributed by atoms with van der Waals surface area (Å²) < 4.78 is 5.71. The van der Waals surface area contributed by atoms with Gasteiger partial charge in [-0.05, 0) is 56.2 Å². The average Bonchev–Trinajstić information content (AvgIpc) is 2.61. The molecule has 2 aromatic carbocycles. The van der Waals surface area contributed by atoms with Gasteiger partial charge in [-0.1, -0.05) is 23.8 Å². The van der Waals surface area contributed by atoms with Crippen LogP contribution in [0.4, 0.5) is 10.5 Å². The van der Waals surface area contributed by atoms with Gasteiger partial charge in [-0.25, -0.2) is 4.79 Å². The summed E-state index contributed by atoms with van der Waals surface area (Å²) in [4.78, 5) is 16.4. The van der Waals surface area contributed by atoms with Gasteiger partial charge >= 0.3 is 6.03 Å². The molecule has 26 heavy (non-hydrogen) atoms. The van der Waals surface area contributed by atoms with E-state index in [4.69, 9.17) is 4.74 Å². The summed E-state index contributed by atoms with van der Waals surface area (Å²) in [7, 11) is 0. The third-order valence-electron chi connectivity index (χ3n) is 4.15. The van der Waals surface area contributed by atoms with E-state index in [1.165, 1.54) is 5.56 Å². The quantitative estimate of drug-likeness (QED) is 0.673. The van der Waals surface area contributed by atoms with Crippen molar-refractivity contribution >= 4 is 22.6 Å². The first-order valence-corrected chi connectivity index (χ1v) is 8.63. The van der Waals surface area contributed by atoms with E-state index in [1.54, 1.807) is 6.20 Å². The molecular formula is C21H23N3O2. The Balaban J connectivity index is 1.49. The maximum Gasteiger partial charge on any atom is 0.319 e. The maximum atomic E-state index is 12.1. The number of pyridine rings is 1. The fourth-order valence-electron chi connectivity index (χ4n) is 3.01. The monoisotopic (exact) mass is 349 g/mol. The van der Waals surface area contributed by atoms with E-state index in [0.29, 0.717) is 13.2 Å². The molecule has 1 heterocycles. The van der Waals surface area contributed by atoms with Crippen LogP contribution in [0.3, 0.4) is 0 Å². The van der Waals surface area contributed by atoms with E-state index < -0.39 is 0 Å². The summed E-state index contributed by atoms with van der Waals surface area (Å²) >= 11 is 0. The number of aryl methyl sites for hydroxylation is 3. The molecule has 0 saturated carbocycles. The second kappa shape index (κ2) is 7.87. The van der Waals surface area contributed by atoms with Crippen molar-refractivity contribution in [1.29, 1.82) is 0 Å². The van der Waals surface area contributed by atoms with Crippen LogP contribution in [0, 0.1) is 20.8 Å². The predicted molar refractivity (Wildman–Crippen MR) is 105 cm³/mol. The molecule has 1 aromatic heterocycles. The Morgan fingerprint density at radius 2 is 1.85 bits per heavy atom. The number of fused-ring (bicyclic) bond motifs is 1. The van der Waals surface area contributed by atoms with E-state index in [1.807, 2.05) is 51.1 Å². The number of anilines is 1. The zero-order valence-corrected chi connectivity index (χ0v) is 15.3. The van der Waals surface area contributed by atoms with Gasteiger partial charge in [-0.2, -0.15) is 0 Å². The first-order chi connectivity index (χ1) is 12.5. The molecule has 0 aliphatic carbocycles. The van der Waals surface area contributed by atoms with Crippen molar-refractivity contribution in [3.63, 3.8) is 0 Å². The molecule has 5 heteroatoms. The Kier molecular flexibility index (Phi) is 5.37. The van der Waals surface area contributed by atoms with E-state index in [9.17, 15) is 4.79 Å². The lowest BCUT2D eigenvalue weighted by Gasteiger charge is -2.14. The highest BCUT2D eigenvalue weighted by Crippen LogP contribution is 2.21. The highest BCUT2D eigenvalue weighted by atomic mass is 16.5. The normalized spacial score (nSPS) is 10.6. The molecular weight excluding hydrogens is 326 g/mol. The number of hydrogen-bond donors (Lipinski definition) is 2. The predicted octanol–water partition coefficient (Wildman–Crippen LogP) is 4.36. The van der Waals surface area contributed by atoms with Crippen molar-refractivity contribution in [2.24, 2.45) is 0 Å². The number of ether oxygens (including phenoxy) is 1. The third kappa shape index (κ3) is 4.30. The van der Waals surface area contributed by atoms with Crippen LogP contribution in [0.1, 0.15) is 16.7 Å². The molecule has 2 amide bonds. The van der Waals surface area contributed by atoms with Gasteiger partial charge in [0.15, 0.2) is 0 Å². The Hall–Kier alpha value is -3.08. The number of amides is 2. The summed E-state index contributed by atoms with van der Waals surface area (Å²) in [6.45, 7) is 6.84. The van der Waals surface area contributed by atoms with Gasteiger partial charge in [-0.15, -0.1) is 0 Å². The number of hydrogen-bond acceptors (Lipinski definition) is 3. The van der Waals surface area contributed by atoms with Crippen molar-refractivity contribution in [2.75, 3.05) is 18.5 Å². The number of carbonyl (C=O) groups is 1. The second-order valence-corrected chi connectivity index (χ2v) is 6.36. The zero-order valence-electron chi connectivity index (χ0n) is 15.3. The van der Waals surface area contributed by atoms with Crippen LogP contribution in [0.25, 0.3) is 10.9 Å². The van der Waals surface area contributed by atoms with E-state index in [-0.39, 0.29) is 6.03 Å². The summed E-state index contributed by atoms with van der Waals surface area (Å²) in [6.07, 6.45) is 1.77. The molecule has 0 radical (unpaired) electrons. The minimum absolute atomic E-state index is 0.230. The van der Waals surface area contributed by atoms with Gasteiger partial charge in [0, 0.05) is 17.3 Å². The van der Waals surface area contributed by atoms with Gasteiger partial charge in [0.1, 0.15) is 12.4 Å². The van der Waals surface area contributed by atoms with Crippen LogP contribution in [0.15, 0.2) is 48.7 Å². The Morgan fingerprint density at radius 3 is 2.62 bits per heavy atom. The molecule has 0 spiro atoms. The van der Waals surface area contributed by atoms with Crippen LogP contribution in [-0.4, -0.2) is 24.2 Å². The largest absolute Gasteiger partial charge is 0.492 e. The summed E-state index contributed by atoms with van der Waals surface area (Å²) in [5.74, 6) is 0.762. The van der Waals surface area contributed by atoms with Crippen molar-refractivity contribution in [2.45, 2.75) is 20.8 Å². The number of urea groups is 1. The fourth-order valence-corrected chi connectivity index (χ4v) is 3.01. The molecule has 0 saturated heterocycles. The third-order valence-corrected chi connectivity index (χ3v) is 4.15. The average molecular weight is 349 g/mol. The smallest absolute Gasteiger partial charge is 0.319 e. The Labute approximate surface area is 153 Å². The molecule has 0 atom stereocenters. The van der Waals surface area contributed by atoms with Crippen molar-refractivity contribution in [3.05, 3.63) is 65.4 Å². The lowest BCUT2D eigenvalue weighted by molar-refractivity contribution is 0.247. The molecule has 3 aromatic rings. The molecule has 0 aliphatic rings. The molecule has 5 nitrogen and oxygen atoms in total. The van der Waals surface area contributed by atoms with E-state index in [0.717, 1.165) is 33.5 Å². The van der Waals surface area contributed by atoms with Gasteiger partial charge in [-0.3, -0.25) is 4.98 Å². The number of nitrogens with one attached hydrogen (secondary N) is 2. The van der Waals surface area contributed by atoms with Gasteiger partial charge < -0.3 is 15.4 Å². The van der Waals surface area contributed by atoms with Crippen LogP contribution in [0.5, 0.6) is 5.75 Å². The number of rotatable bonds is 5. The van der Waals surface area contributed by atoms with Crippen LogP contribution in [-0.2, 0) is 0 Å². The number of nitrogens with zero attached hydrogens (tertiary/aromatic N) is 1. The van der Waals surface area contributed by atoms with Crippen molar-refractivity contribution in [3.8, 4) is 5.75 Å². The van der Waals surface area contributed by atoms with Crippen molar-refractivity contribution in [1.82, 2.24) is 10.3 Å². The Bertz CT molecular complexity index is 914. The first kappa shape index (κ1) is 17.7. The second-order valence-electron chi connectivity index (χ2n) is 6.36. The lowest BCUT2D eigenvalue weighted by atomic mass is 10.1. The van der Waals surface area contributed by atoms with E-state index in [2.05, 4.69) is 27.8 Å². The molecule has 0 bridgehead atoms. The van der Waals surface area contributed by atoms with Crippen LogP contribution >= 0.6 is 0 Å². The van der Waals surface area contributed by atoms with Gasteiger partial charge in [0.2, 0.25) is 0 Å². The van der Waals surface area contributed by atoms with Gasteiger partial charge in [0.25, 0.3) is 0 Å². The summed E-state index contributed by atoms with van der Waals surface area (Å²) in [5, 5.41) is 6.76. The number of carbonyl (C=O) groups excluding carboxylic acids is 1. The van der Waals surface area contributed by atoms with E-state index >= 15 is 0 Å². The molecule has 134 valence electrons. The molecule has 0 aliphatic heterocycles. The molecule has 0 fully saturated rings. The van der Waals surface area contributed by atoms with Gasteiger partial charge in [0.05, 0.1) is 12.1 Å². The molecule has 0 unspecified atom stereocenters. The highest BCUT2D eigenvalue weighted by molar-refractivity contribution is 5.91. The topological polar surface area (TPSA) is 63.2 Å². The summed E-state index contributed by atoms with van der Waals surface area (Å²) in [5.41, 5.74) is 5.08. The number of benzene rings is 2. The minimum Gasteiger partial charge on any atom is -0.492 e. The molecule has 2 N–H and O–H groups in total. The van der Waals surface area contributed by atoms with Crippen LogP contribution < -0.4 is 15.4 Å². The number of aromatic nitrogens is 1.